The average molecular weight is 595 g/mol. The van der Waals surface area contributed by atoms with Crippen molar-refractivity contribution in [2.75, 3.05) is 0 Å². The number of hydrogen-bond donors (Lipinski definition) is 0. The number of carbonyl (C=O) groups excluding carboxylic acids is 2. The Hall–Kier alpha value is -4.75. The fourth-order valence-corrected chi connectivity index (χ4v) is 4.98. The molecule has 0 radical (unpaired) electrons. The zero-order valence-electron chi connectivity index (χ0n) is 24.7. The maximum atomic E-state index is 12.0. The highest BCUT2D eigenvalue weighted by Gasteiger charge is 2.18. The summed E-state index contributed by atoms with van der Waals surface area (Å²) < 4.78 is 22.8. The third kappa shape index (κ3) is 8.63. The molecule has 0 N–H and O–H groups in total. The molecule has 0 bridgehead atoms. The molecule has 0 aliphatic rings. The van der Waals surface area contributed by atoms with Gasteiger partial charge in [0, 0.05) is 45.9 Å². The van der Waals surface area contributed by atoms with Crippen molar-refractivity contribution in [3.8, 4) is 33.8 Å². The number of ether oxygens (including phenoxy) is 4. The predicted octanol–water partition coefficient (Wildman–Crippen LogP) is 8.86. The van der Waals surface area contributed by atoms with E-state index in [0.29, 0.717) is 22.6 Å². The minimum Gasteiger partial charge on any atom is -0.454 e. The van der Waals surface area contributed by atoms with Crippen molar-refractivity contribution < 1.29 is 28.5 Å². The van der Waals surface area contributed by atoms with Gasteiger partial charge in [0.2, 0.25) is 12.6 Å². The topological polar surface area (TPSA) is 71.1 Å². The van der Waals surface area contributed by atoms with Crippen LogP contribution in [0.4, 0.5) is 0 Å². The Morgan fingerprint density at radius 3 is 1.33 bits per heavy atom. The van der Waals surface area contributed by atoms with Gasteiger partial charge in [-0.05, 0) is 61.4 Å². The zero-order valence-corrected chi connectivity index (χ0v) is 25.5. The summed E-state index contributed by atoms with van der Waals surface area (Å²) in [6, 6.07) is 31.5. The number of hydrogen-bond acceptors (Lipinski definition) is 7. The largest absolute Gasteiger partial charge is 0.454 e. The fraction of sp³-hybridized carbons (Fsp3) is 0.167. The molecular formula is C36H34O6S. The molecule has 0 aliphatic heterocycles. The second kappa shape index (κ2) is 14.4. The molecule has 4 aromatic carbocycles. The quantitative estimate of drug-likeness (QED) is 0.0922. The van der Waals surface area contributed by atoms with E-state index in [-0.39, 0.29) is 0 Å². The first kappa shape index (κ1) is 31.2. The van der Waals surface area contributed by atoms with E-state index in [4.69, 9.17) is 18.9 Å². The van der Waals surface area contributed by atoms with Crippen LogP contribution in [-0.2, 0) is 19.1 Å². The molecule has 43 heavy (non-hydrogen) atoms. The van der Waals surface area contributed by atoms with E-state index in [9.17, 15) is 9.59 Å². The van der Waals surface area contributed by atoms with Crippen molar-refractivity contribution in [2.45, 2.75) is 50.1 Å². The van der Waals surface area contributed by atoms with Gasteiger partial charge in [0.25, 0.3) is 0 Å². The van der Waals surface area contributed by atoms with E-state index in [1.54, 1.807) is 39.5 Å². The van der Waals surface area contributed by atoms with Crippen molar-refractivity contribution >= 4 is 23.7 Å². The molecule has 0 aromatic heterocycles. The summed E-state index contributed by atoms with van der Waals surface area (Å²) in [6.45, 7) is 13.8. The molecular weight excluding hydrogens is 560 g/mol. The number of carbonyl (C=O) groups is 2. The minimum atomic E-state index is -0.803. The van der Waals surface area contributed by atoms with Crippen molar-refractivity contribution in [1.82, 2.24) is 0 Å². The predicted molar refractivity (Wildman–Crippen MR) is 170 cm³/mol. The SMILES string of the molecule is C=C(C)C(=O)OC(C)Oc1ccc(Sc2ccc(OC(C)OC(=O)C(=C)C)c(-c3ccccc3)c2)cc1-c1ccccc1. The molecule has 0 amide bonds. The van der Waals surface area contributed by atoms with Crippen LogP contribution in [0.15, 0.2) is 131 Å². The van der Waals surface area contributed by atoms with Crippen LogP contribution < -0.4 is 9.47 Å². The van der Waals surface area contributed by atoms with Crippen molar-refractivity contribution in [3.63, 3.8) is 0 Å². The summed E-state index contributed by atoms with van der Waals surface area (Å²) >= 11 is 1.58. The lowest BCUT2D eigenvalue weighted by Crippen LogP contribution is -2.21. The molecule has 0 saturated carbocycles. The smallest absolute Gasteiger partial charge is 0.336 e. The summed E-state index contributed by atoms with van der Waals surface area (Å²) in [6.07, 6.45) is -1.61. The lowest BCUT2D eigenvalue weighted by atomic mass is 10.0. The Labute approximate surface area is 257 Å². The summed E-state index contributed by atoms with van der Waals surface area (Å²) in [7, 11) is 0. The van der Waals surface area contributed by atoms with Crippen LogP contribution in [0.2, 0.25) is 0 Å². The van der Waals surface area contributed by atoms with Gasteiger partial charge in [-0.15, -0.1) is 0 Å². The van der Waals surface area contributed by atoms with Crippen LogP contribution in [0.5, 0.6) is 11.5 Å². The van der Waals surface area contributed by atoms with Gasteiger partial charge in [0.15, 0.2) is 0 Å². The van der Waals surface area contributed by atoms with Crippen molar-refractivity contribution in [3.05, 3.63) is 121 Å². The van der Waals surface area contributed by atoms with Gasteiger partial charge in [-0.1, -0.05) is 85.6 Å². The van der Waals surface area contributed by atoms with Crippen LogP contribution in [-0.4, -0.2) is 24.5 Å². The first-order valence-corrected chi connectivity index (χ1v) is 14.6. The third-order valence-electron chi connectivity index (χ3n) is 6.14. The summed E-state index contributed by atoms with van der Waals surface area (Å²) in [5.41, 5.74) is 4.26. The van der Waals surface area contributed by atoms with Gasteiger partial charge >= 0.3 is 11.9 Å². The Balaban J connectivity index is 1.64. The second-order valence-electron chi connectivity index (χ2n) is 9.89. The maximum absolute atomic E-state index is 12.0. The molecule has 2 unspecified atom stereocenters. The van der Waals surface area contributed by atoms with Gasteiger partial charge < -0.3 is 18.9 Å². The summed E-state index contributed by atoms with van der Waals surface area (Å²) in [5, 5.41) is 0. The molecule has 0 heterocycles. The summed E-state index contributed by atoms with van der Waals surface area (Å²) in [5.74, 6) is 0.158. The van der Waals surface area contributed by atoms with Gasteiger partial charge in [0.1, 0.15) is 11.5 Å². The maximum Gasteiger partial charge on any atom is 0.336 e. The first-order chi connectivity index (χ1) is 20.6. The van der Waals surface area contributed by atoms with Crippen LogP contribution in [0, 0.1) is 0 Å². The van der Waals surface area contributed by atoms with Crippen LogP contribution in [0.3, 0.4) is 0 Å². The Morgan fingerprint density at radius 2 is 0.977 bits per heavy atom. The highest BCUT2D eigenvalue weighted by molar-refractivity contribution is 7.99. The molecule has 0 aliphatic carbocycles. The highest BCUT2D eigenvalue weighted by atomic mass is 32.2. The molecule has 2 atom stereocenters. The van der Waals surface area contributed by atoms with Gasteiger partial charge in [-0.25, -0.2) is 9.59 Å². The lowest BCUT2D eigenvalue weighted by Gasteiger charge is -2.19. The van der Waals surface area contributed by atoms with Crippen molar-refractivity contribution in [1.29, 1.82) is 0 Å². The molecule has 0 spiro atoms. The number of rotatable bonds is 12. The number of benzene rings is 4. The van der Waals surface area contributed by atoms with E-state index in [1.165, 1.54) is 0 Å². The molecule has 0 saturated heterocycles. The molecule has 220 valence electrons. The fourth-order valence-electron chi connectivity index (χ4n) is 4.08. The normalized spacial score (nSPS) is 12.0. The zero-order chi connectivity index (χ0) is 30.9. The Bertz CT molecular complexity index is 1490. The molecule has 4 aromatic rings. The van der Waals surface area contributed by atoms with E-state index < -0.39 is 24.5 Å². The van der Waals surface area contributed by atoms with Gasteiger partial charge in [-0.2, -0.15) is 0 Å². The summed E-state index contributed by atoms with van der Waals surface area (Å²) in [4.78, 5) is 26.0. The first-order valence-electron chi connectivity index (χ1n) is 13.7. The number of esters is 2. The molecule has 7 heteroatoms. The van der Waals surface area contributed by atoms with Crippen LogP contribution in [0.25, 0.3) is 22.3 Å². The van der Waals surface area contributed by atoms with E-state index in [2.05, 4.69) is 13.2 Å². The monoisotopic (exact) mass is 594 g/mol. The average Bonchev–Trinajstić information content (AvgIpc) is 2.99. The Morgan fingerprint density at radius 1 is 0.605 bits per heavy atom. The molecule has 4 rings (SSSR count). The minimum absolute atomic E-state index is 0.305. The van der Waals surface area contributed by atoms with E-state index >= 15 is 0 Å². The molecule has 6 nitrogen and oxygen atoms in total. The standard InChI is InChI=1S/C36H34O6S/c1-23(2)35(37)41-25(5)39-33-19-17-29(21-31(33)27-13-9-7-10-14-27)43-30-18-20-34(40-26(6)42-36(38)24(3)4)32(22-30)28-15-11-8-12-16-28/h7-22,25-26H,1,3H2,2,4-6H3. The Kier molecular flexibility index (Phi) is 10.5. The van der Waals surface area contributed by atoms with Gasteiger partial charge in [0.05, 0.1) is 0 Å². The van der Waals surface area contributed by atoms with Crippen LogP contribution >= 0.6 is 11.8 Å². The van der Waals surface area contributed by atoms with E-state index in [1.807, 2.05) is 97.1 Å². The third-order valence-corrected chi connectivity index (χ3v) is 7.12. The molecule has 0 fully saturated rings. The van der Waals surface area contributed by atoms with Crippen molar-refractivity contribution in [2.24, 2.45) is 0 Å². The second-order valence-corrected chi connectivity index (χ2v) is 11.0. The van der Waals surface area contributed by atoms with Gasteiger partial charge in [-0.3, -0.25) is 0 Å². The van der Waals surface area contributed by atoms with Crippen LogP contribution in [0.1, 0.15) is 27.7 Å². The van der Waals surface area contributed by atoms with E-state index in [0.717, 1.165) is 32.0 Å². The lowest BCUT2D eigenvalue weighted by molar-refractivity contribution is -0.157. The highest BCUT2D eigenvalue weighted by Crippen LogP contribution is 2.40.